The highest BCUT2D eigenvalue weighted by atomic mass is 16.6. The first kappa shape index (κ1) is 22.5. The molecule has 0 radical (unpaired) electrons. The second-order valence-electron chi connectivity index (χ2n) is 8.08. The van der Waals surface area contributed by atoms with Crippen LogP contribution in [0.15, 0.2) is 78.9 Å². The molecule has 0 aromatic heterocycles. The first-order valence-electron chi connectivity index (χ1n) is 10.9. The van der Waals surface area contributed by atoms with Crippen LogP contribution in [0.4, 0.5) is 5.69 Å². The van der Waals surface area contributed by atoms with Crippen molar-refractivity contribution in [2.75, 3.05) is 5.73 Å². The molecule has 4 rings (SSSR count). The van der Waals surface area contributed by atoms with Crippen molar-refractivity contribution in [3.8, 4) is 11.1 Å². The number of carboxylic acids is 1. The van der Waals surface area contributed by atoms with Crippen LogP contribution in [0, 0.1) is 0 Å². The van der Waals surface area contributed by atoms with Gasteiger partial charge in [0.25, 0.3) is 0 Å². The van der Waals surface area contributed by atoms with E-state index in [0.29, 0.717) is 6.54 Å². The van der Waals surface area contributed by atoms with Gasteiger partial charge in [-0.05, 0) is 40.8 Å². The molecule has 33 heavy (non-hydrogen) atoms. The van der Waals surface area contributed by atoms with Crippen LogP contribution < -0.4 is 16.4 Å². The molecular weight excluding hydrogens is 418 g/mol. The van der Waals surface area contributed by atoms with Gasteiger partial charge < -0.3 is 20.9 Å². The third-order valence-electron chi connectivity index (χ3n) is 5.61. The number of carboxylic acid groups (broad SMARTS) is 1. The Labute approximate surface area is 192 Å². The number of carbonyl (C=O) groups excluding carboxylic acids is 1. The number of aliphatic carboxylic acids is 1. The van der Waals surface area contributed by atoms with E-state index in [0.717, 1.165) is 27.9 Å². The van der Waals surface area contributed by atoms with Gasteiger partial charge in [0.05, 0.1) is 6.04 Å². The quantitative estimate of drug-likeness (QED) is 0.280. The molecule has 7 nitrogen and oxygen atoms in total. The molecule has 0 aliphatic carbocycles. The second-order valence-corrected chi connectivity index (χ2v) is 8.08. The minimum absolute atomic E-state index is 0.107. The summed E-state index contributed by atoms with van der Waals surface area (Å²) >= 11 is 0. The Bertz CT molecular complexity index is 1080. The highest BCUT2D eigenvalue weighted by Gasteiger charge is 2.42. The molecule has 2 unspecified atom stereocenters. The summed E-state index contributed by atoms with van der Waals surface area (Å²) in [6, 6.07) is 24.6. The maximum atomic E-state index is 12.7. The SMILES string of the molecule is Nc1ccc(-c2ccc(C3OC3N[C@@H](CCC(=O)O)C(=O)NCc3ccccc3)cc2)cc1. The van der Waals surface area contributed by atoms with E-state index < -0.39 is 12.0 Å². The number of ether oxygens (including phenoxy) is 1. The van der Waals surface area contributed by atoms with E-state index in [2.05, 4.69) is 10.6 Å². The molecule has 1 heterocycles. The van der Waals surface area contributed by atoms with Crippen molar-refractivity contribution in [1.82, 2.24) is 10.6 Å². The molecule has 1 amide bonds. The maximum absolute atomic E-state index is 12.7. The number of nitrogens with one attached hydrogen (secondary N) is 2. The van der Waals surface area contributed by atoms with E-state index in [4.69, 9.17) is 15.6 Å². The van der Waals surface area contributed by atoms with Gasteiger partial charge >= 0.3 is 5.97 Å². The fraction of sp³-hybridized carbons (Fsp3) is 0.231. The first-order valence-corrected chi connectivity index (χ1v) is 10.9. The summed E-state index contributed by atoms with van der Waals surface area (Å²) in [6.07, 6.45) is -0.448. The van der Waals surface area contributed by atoms with Gasteiger partial charge in [-0.2, -0.15) is 0 Å². The standard InChI is InChI=1S/C26H27N3O4/c27-21-12-10-19(11-13-21)18-6-8-20(9-7-18)24-26(33-24)29-22(14-15-23(30)31)25(32)28-16-17-4-2-1-3-5-17/h1-13,22,24,26,29H,14-16,27H2,(H,28,32)(H,30,31)/t22-,24?,26?/m0/s1. The number of benzene rings is 3. The normalized spacial score (nSPS) is 17.8. The summed E-state index contributed by atoms with van der Waals surface area (Å²) in [5.41, 5.74) is 10.6. The van der Waals surface area contributed by atoms with Crippen molar-refractivity contribution in [1.29, 1.82) is 0 Å². The fourth-order valence-corrected chi connectivity index (χ4v) is 3.70. The third-order valence-corrected chi connectivity index (χ3v) is 5.61. The molecule has 3 aromatic rings. The molecule has 1 aliphatic rings. The number of rotatable bonds is 10. The summed E-state index contributed by atoms with van der Waals surface area (Å²) in [7, 11) is 0. The second kappa shape index (κ2) is 10.3. The van der Waals surface area contributed by atoms with Gasteiger partial charge in [-0.1, -0.05) is 66.7 Å². The Kier molecular flexibility index (Phi) is 7.02. The number of anilines is 1. The van der Waals surface area contributed by atoms with E-state index in [1.54, 1.807) is 0 Å². The highest BCUT2D eigenvalue weighted by molar-refractivity contribution is 5.82. The molecule has 1 saturated heterocycles. The zero-order chi connectivity index (χ0) is 23.2. The smallest absolute Gasteiger partial charge is 0.303 e. The average Bonchev–Trinajstić information content (AvgIpc) is 3.60. The topological polar surface area (TPSA) is 117 Å². The zero-order valence-electron chi connectivity index (χ0n) is 18.1. The van der Waals surface area contributed by atoms with Crippen LogP contribution in [0.2, 0.25) is 0 Å². The molecular formula is C26H27N3O4. The molecule has 1 aliphatic heterocycles. The van der Waals surface area contributed by atoms with Crippen LogP contribution in [-0.2, 0) is 20.9 Å². The van der Waals surface area contributed by atoms with E-state index in [9.17, 15) is 9.59 Å². The lowest BCUT2D eigenvalue weighted by molar-refractivity contribution is -0.137. The van der Waals surface area contributed by atoms with Gasteiger partial charge in [-0.15, -0.1) is 0 Å². The number of carbonyl (C=O) groups is 2. The van der Waals surface area contributed by atoms with Gasteiger partial charge in [0.2, 0.25) is 5.91 Å². The number of amides is 1. The van der Waals surface area contributed by atoms with Crippen molar-refractivity contribution < 1.29 is 19.4 Å². The third kappa shape index (κ3) is 6.19. The molecule has 1 fully saturated rings. The largest absolute Gasteiger partial charge is 0.481 e. The first-order chi connectivity index (χ1) is 16.0. The van der Waals surface area contributed by atoms with Crippen LogP contribution in [0.25, 0.3) is 11.1 Å². The zero-order valence-corrected chi connectivity index (χ0v) is 18.1. The van der Waals surface area contributed by atoms with Gasteiger partial charge in [-0.25, -0.2) is 0 Å². The van der Waals surface area contributed by atoms with Crippen LogP contribution in [0.5, 0.6) is 0 Å². The van der Waals surface area contributed by atoms with Crippen LogP contribution >= 0.6 is 0 Å². The van der Waals surface area contributed by atoms with Gasteiger partial charge in [-0.3, -0.25) is 14.9 Å². The maximum Gasteiger partial charge on any atom is 0.303 e. The number of nitrogens with two attached hydrogens (primary N) is 1. The molecule has 0 spiro atoms. The monoisotopic (exact) mass is 445 g/mol. The van der Waals surface area contributed by atoms with Crippen molar-refractivity contribution in [2.45, 2.75) is 37.8 Å². The Balaban J connectivity index is 1.35. The molecule has 5 N–H and O–H groups in total. The predicted molar refractivity (Wildman–Crippen MR) is 126 cm³/mol. The van der Waals surface area contributed by atoms with Crippen molar-refractivity contribution >= 4 is 17.6 Å². The van der Waals surface area contributed by atoms with E-state index >= 15 is 0 Å². The summed E-state index contributed by atoms with van der Waals surface area (Å²) in [5.74, 6) is -1.18. The predicted octanol–water partition coefficient (Wildman–Crippen LogP) is 3.47. The summed E-state index contributed by atoms with van der Waals surface area (Å²) in [6.45, 7) is 0.381. The van der Waals surface area contributed by atoms with Crippen LogP contribution in [-0.4, -0.2) is 29.3 Å². The number of hydrogen-bond donors (Lipinski definition) is 4. The molecule has 7 heteroatoms. The van der Waals surface area contributed by atoms with Crippen molar-refractivity contribution in [3.63, 3.8) is 0 Å². The summed E-state index contributed by atoms with van der Waals surface area (Å²) < 4.78 is 5.76. The van der Waals surface area contributed by atoms with Gasteiger partial charge in [0, 0.05) is 18.7 Å². The van der Waals surface area contributed by atoms with Crippen LogP contribution in [0.1, 0.15) is 30.1 Å². The molecule has 0 saturated carbocycles. The molecule has 170 valence electrons. The van der Waals surface area contributed by atoms with Gasteiger partial charge in [0.1, 0.15) is 12.3 Å². The number of epoxide rings is 1. The Morgan fingerprint density at radius 2 is 1.58 bits per heavy atom. The number of hydrogen-bond acceptors (Lipinski definition) is 5. The lowest BCUT2D eigenvalue weighted by Gasteiger charge is -2.17. The average molecular weight is 446 g/mol. The summed E-state index contributed by atoms with van der Waals surface area (Å²) in [4.78, 5) is 23.8. The van der Waals surface area contributed by atoms with E-state index in [1.807, 2.05) is 78.9 Å². The lowest BCUT2D eigenvalue weighted by atomic mass is 10.0. The van der Waals surface area contributed by atoms with Gasteiger partial charge in [0.15, 0.2) is 0 Å². The summed E-state index contributed by atoms with van der Waals surface area (Å²) in [5, 5.41) is 15.1. The Morgan fingerprint density at radius 1 is 0.939 bits per heavy atom. The Hall–Kier alpha value is -3.68. The molecule has 0 bridgehead atoms. The molecule has 3 atom stereocenters. The number of nitrogen functional groups attached to an aromatic ring is 1. The minimum atomic E-state index is -0.941. The van der Waals surface area contributed by atoms with Crippen molar-refractivity contribution in [2.24, 2.45) is 0 Å². The minimum Gasteiger partial charge on any atom is -0.481 e. The Morgan fingerprint density at radius 3 is 2.21 bits per heavy atom. The molecule has 3 aromatic carbocycles. The van der Waals surface area contributed by atoms with Crippen molar-refractivity contribution in [3.05, 3.63) is 90.0 Å². The fourth-order valence-electron chi connectivity index (χ4n) is 3.70. The lowest BCUT2D eigenvalue weighted by Crippen LogP contribution is -2.45. The highest BCUT2D eigenvalue weighted by Crippen LogP contribution is 2.38. The van der Waals surface area contributed by atoms with E-state index in [-0.39, 0.29) is 31.1 Å². The van der Waals surface area contributed by atoms with Crippen LogP contribution in [0.3, 0.4) is 0 Å². The van der Waals surface area contributed by atoms with E-state index in [1.165, 1.54) is 0 Å².